The Morgan fingerprint density at radius 1 is 1.08 bits per heavy atom. The minimum atomic E-state index is -0.294. The summed E-state index contributed by atoms with van der Waals surface area (Å²) in [6, 6.07) is 14.7. The van der Waals surface area contributed by atoms with E-state index in [4.69, 9.17) is 16.3 Å². The van der Waals surface area contributed by atoms with E-state index in [0.717, 1.165) is 22.9 Å². The average Bonchev–Trinajstić information content (AvgIpc) is 2.86. The summed E-state index contributed by atoms with van der Waals surface area (Å²) in [5.74, 6) is 0.423. The second-order valence-corrected chi connectivity index (χ2v) is 6.98. The molecule has 0 spiro atoms. The number of carbonyl (C=O) groups excluding carboxylic acids is 2. The van der Waals surface area contributed by atoms with Gasteiger partial charge in [0.05, 0.1) is 11.4 Å². The number of benzene rings is 2. The fourth-order valence-electron chi connectivity index (χ4n) is 2.29. The topological polar surface area (TPSA) is 46.6 Å². The maximum Gasteiger partial charge on any atom is 0.293 e. The minimum Gasteiger partial charge on any atom is -0.492 e. The van der Waals surface area contributed by atoms with E-state index in [9.17, 15) is 9.59 Å². The molecule has 2 aromatic carbocycles. The summed E-state index contributed by atoms with van der Waals surface area (Å²) < 4.78 is 5.60. The Morgan fingerprint density at radius 2 is 1.76 bits per heavy atom. The summed E-state index contributed by atoms with van der Waals surface area (Å²) in [6.07, 6.45) is 1.70. The summed E-state index contributed by atoms with van der Waals surface area (Å²) in [6.45, 7) is 2.48. The Bertz CT molecular complexity index is 816. The first-order valence-electron chi connectivity index (χ1n) is 7.73. The van der Waals surface area contributed by atoms with Gasteiger partial charge < -0.3 is 4.74 Å². The average molecular weight is 374 g/mol. The number of halogens is 1. The molecule has 0 saturated carbocycles. The molecular weight excluding hydrogens is 358 g/mol. The number of hydrogen-bond donors (Lipinski definition) is 0. The van der Waals surface area contributed by atoms with Gasteiger partial charge in [0, 0.05) is 5.02 Å². The maximum absolute atomic E-state index is 12.4. The quantitative estimate of drug-likeness (QED) is 0.708. The van der Waals surface area contributed by atoms with Crippen molar-refractivity contribution in [2.75, 3.05) is 13.2 Å². The number of ether oxygens (including phenoxy) is 1. The Balaban J connectivity index is 1.61. The van der Waals surface area contributed by atoms with E-state index in [1.807, 2.05) is 31.2 Å². The molecule has 25 heavy (non-hydrogen) atoms. The first kappa shape index (κ1) is 17.6. The molecule has 0 bridgehead atoms. The van der Waals surface area contributed by atoms with Crippen molar-refractivity contribution in [1.29, 1.82) is 0 Å². The van der Waals surface area contributed by atoms with Gasteiger partial charge in [0.2, 0.25) is 0 Å². The Hall–Kier alpha value is -2.24. The Labute approximate surface area is 155 Å². The fraction of sp³-hybridized carbons (Fsp3) is 0.158. The summed E-state index contributed by atoms with van der Waals surface area (Å²) in [7, 11) is 0. The molecule has 2 amide bonds. The number of amides is 2. The number of nitrogens with zero attached hydrogens (tertiary/aromatic N) is 1. The van der Waals surface area contributed by atoms with Gasteiger partial charge >= 0.3 is 0 Å². The molecule has 3 rings (SSSR count). The molecule has 0 radical (unpaired) electrons. The van der Waals surface area contributed by atoms with Crippen molar-refractivity contribution < 1.29 is 14.3 Å². The third kappa shape index (κ3) is 4.44. The second-order valence-electron chi connectivity index (χ2n) is 5.55. The van der Waals surface area contributed by atoms with E-state index >= 15 is 0 Å². The van der Waals surface area contributed by atoms with Crippen molar-refractivity contribution in [2.45, 2.75) is 6.92 Å². The predicted octanol–water partition coefficient (Wildman–Crippen LogP) is 4.76. The van der Waals surface area contributed by atoms with Crippen molar-refractivity contribution in [1.82, 2.24) is 4.90 Å². The molecule has 1 fully saturated rings. The highest BCUT2D eigenvalue weighted by Crippen LogP contribution is 2.32. The Kier molecular flexibility index (Phi) is 5.46. The van der Waals surface area contributed by atoms with Gasteiger partial charge in [-0.2, -0.15) is 0 Å². The molecule has 0 aliphatic carbocycles. The van der Waals surface area contributed by atoms with Crippen LogP contribution in [0.25, 0.3) is 6.08 Å². The summed E-state index contributed by atoms with van der Waals surface area (Å²) in [4.78, 5) is 26.1. The molecule has 2 aromatic rings. The minimum absolute atomic E-state index is 0.219. The van der Waals surface area contributed by atoms with E-state index in [-0.39, 0.29) is 24.3 Å². The van der Waals surface area contributed by atoms with Gasteiger partial charge in [-0.05, 0) is 54.6 Å². The van der Waals surface area contributed by atoms with Crippen LogP contribution in [0.5, 0.6) is 5.75 Å². The number of rotatable bonds is 5. The second kappa shape index (κ2) is 7.76. The zero-order valence-corrected chi connectivity index (χ0v) is 15.1. The van der Waals surface area contributed by atoms with E-state index in [1.165, 1.54) is 4.90 Å². The molecule has 1 aliphatic heterocycles. The van der Waals surface area contributed by atoms with Gasteiger partial charge in [0.15, 0.2) is 0 Å². The highest BCUT2D eigenvalue weighted by molar-refractivity contribution is 8.18. The van der Waals surface area contributed by atoms with Crippen LogP contribution in [-0.4, -0.2) is 29.2 Å². The number of hydrogen-bond acceptors (Lipinski definition) is 4. The van der Waals surface area contributed by atoms with Crippen LogP contribution >= 0.6 is 23.4 Å². The summed E-state index contributed by atoms with van der Waals surface area (Å²) >= 11 is 6.79. The van der Waals surface area contributed by atoms with Crippen LogP contribution < -0.4 is 4.74 Å². The van der Waals surface area contributed by atoms with Gasteiger partial charge in [0.1, 0.15) is 12.4 Å². The zero-order valence-electron chi connectivity index (χ0n) is 13.6. The SMILES string of the molecule is Cc1ccc(OCCN2C(=O)S/C(=C\c3ccc(Cl)cc3)C2=O)cc1. The summed E-state index contributed by atoms with van der Waals surface area (Å²) in [5, 5.41) is 0.344. The lowest BCUT2D eigenvalue weighted by Gasteiger charge is -2.13. The van der Waals surface area contributed by atoms with Crippen LogP contribution in [0.15, 0.2) is 53.4 Å². The van der Waals surface area contributed by atoms with Crippen molar-refractivity contribution >= 4 is 40.6 Å². The molecule has 1 heterocycles. The summed E-state index contributed by atoms with van der Waals surface area (Å²) in [5.41, 5.74) is 1.97. The molecule has 128 valence electrons. The van der Waals surface area contributed by atoms with Crippen molar-refractivity contribution in [3.63, 3.8) is 0 Å². The molecule has 1 saturated heterocycles. The zero-order chi connectivity index (χ0) is 17.8. The fourth-order valence-corrected chi connectivity index (χ4v) is 3.28. The van der Waals surface area contributed by atoms with Crippen LogP contribution in [-0.2, 0) is 4.79 Å². The van der Waals surface area contributed by atoms with Crippen LogP contribution in [0, 0.1) is 6.92 Å². The van der Waals surface area contributed by atoms with Gasteiger partial charge in [0.25, 0.3) is 11.1 Å². The van der Waals surface area contributed by atoms with Gasteiger partial charge in [-0.1, -0.05) is 41.4 Å². The molecule has 0 atom stereocenters. The van der Waals surface area contributed by atoms with Crippen LogP contribution in [0.4, 0.5) is 4.79 Å². The molecule has 0 N–H and O–H groups in total. The molecule has 4 nitrogen and oxygen atoms in total. The molecule has 0 aromatic heterocycles. The van der Waals surface area contributed by atoms with Gasteiger partial charge in [-0.15, -0.1) is 0 Å². The first-order chi connectivity index (χ1) is 12.0. The largest absolute Gasteiger partial charge is 0.492 e. The van der Waals surface area contributed by atoms with Crippen molar-refractivity contribution in [3.8, 4) is 5.75 Å². The number of thioether (sulfide) groups is 1. The highest BCUT2D eigenvalue weighted by atomic mass is 35.5. The number of imide groups is 1. The normalized spacial score (nSPS) is 15.9. The smallest absolute Gasteiger partial charge is 0.293 e. The Morgan fingerprint density at radius 3 is 2.44 bits per heavy atom. The highest BCUT2D eigenvalue weighted by Gasteiger charge is 2.34. The third-order valence-corrected chi connectivity index (χ3v) is 4.81. The first-order valence-corrected chi connectivity index (χ1v) is 8.93. The van der Waals surface area contributed by atoms with Gasteiger partial charge in [-0.3, -0.25) is 14.5 Å². The molecular formula is C19H16ClNO3S. The monoisotopic (exact) mass is 373 g/mol. The van der Waals surface area contributed by atoms with Crippen molar-refractivity contribution in [2.24, 2.45) is 0 Å². The van der Waals surface area contributed by atoms with E-state index in [2.05, 4.69) is 0 Å². The lowest BCUT2D eigenvalue weighted by Crippen LogP contribution is -2.32. The van der Waals surface area contributed by atoms with Crippen LogP contribution in [0.3, 0.4) is 0 Å². The number of carbonyl (C=O) groups is 2. The van der Waals surface area contributed by atoms with E-state index in [1.54, 1.807) is 30.3 Å². The molecule has 6 heteroatoms. The molecule has 1 aliphatic rings. The lowest BCUT2D eigenvalue weighted by atomic mass is 10.2. The van der Waals surface area contributed by atoms with E-state index in [0.29, 0.717) is 15.7 Å². The third-order valence-electron chi connectivity index (χ3n) is 3.65. The maximum atomic E-state index is 12.4. The van der Waals surface area contributed by atoms with Gasteiger partial charge in [-0.25, -0.2) is 0 Å². The lowest BCUT2D eigenvalue weighted by molar-refractivity contribution is -0.123. The number of aryl methyl sites for hydroxylation is 1. The van der Waals surface area contributed by atoms with E-state index < -0.39 is 0 Å². The van der Waals surface area contributed by atoms with Crippen molar-refractivity contribution in [3.05, 3.63) is 69.6 Å². The predicted molar refractivity (Wildman–Crippen MR) is 101 cm³/mol. The molecule has 0 unspecified atom stereocenters. The van der Waals surface area contributed by atoms with Crippen LogP contribution in [0.1, 0.15) is 11.1 Å². The standard InChI is InChI=1S/C19H16ClNO3S/c1-13-2-8-16(9-3-13)24-11-10-21-18(22)17(25-19(21)23)12-14-4-6-15(20)7-5-14/h2-9,12H,10-11H2,1H3/b17-12-. The van der Waals surface area contributed by atoms with Crippen LogP contribution in [0.2, 0.25) is 5.02 Å².